The zero-order valence-corrected chi connectivity index (χ0v) is 12.1. The topological polar surface area (TPSA) is 0 Å². The summed E-state index contributed by atoms with van der Waals surface area (Å²) >= 11 is 11.3. The van der Waals surface area contributed by atoms with Crippen LogP contribution in [0.1, 0.15) is 20.8 Å². The minimum Gasteiger partial charge on any atom is -0.127 e. The molecule has 1 aromatic heterocycles. The molecule has 1 heterocycles. The van der Waals surface area contributed by atoms with Crippen molar-refractivity contribution in [2.75, 3.05) is 0 Å². The van der Waals surface area contributed by atoms with E-state index >= 15 is 0 Å². The molecule has 0 spiro atoms. The maximum atomic E-state index is 5.94. The van der Waals surface area contributed by atoms with Gasteiger partial charge in [0, 0.05) is 4.88 Å². The van der Waals surface area contributed by atoms with Gasteiger partial charge in [0.25, 0.3) is 0 Å². The van der Waals surface area contributed by atoms with E-state index < -0.39 is 0 Å². The van der Waals surface area contributed by atoms with E-state index in [4.69, 9.17) is 11.6 Å². The zero-order valence-electron chi connectivity index (χ0n) is 8.91. The van der Waals surface area contributed by atoms with Gasteiger partial charge in [-0.1, -0.05) is 51.8 Å². The fourth-order valence-electron chi connectivity index (χ4n) is 1.63. The molecule has 0 fully saturated rings. The van der Waals surface area contributed by atoms with Gasteiger partial charge in [-0.2, -0.15) is 0 Å². The van der Waals surface area contributed by atoms with Crippen LogP contribution >= 0.6 is 38.9 Å². The molecule has 1 unspecified atom stereocenters. The van der Waals surface area contributed by atoms with E-state index in [1.54, 1.807) is 11.3 Å². The Morgan fingerprint density at radius 2 is 2.00 bits per heavy atom. The highest BCUT2D eigenvalue weighted by molar-refractivity contribution is 9.09. The Bertz CT molecular complexity index is 478. The molecule has 2 rings (SSSR count). The van der Waals surface area contributed by atoms with Crippen LogP contribution in [0.15, 0.2) is 36.4 Å². The molecule has 0 saturated heterocycles. The van der Waals surface area contributed by atoms with Crippen molar-refractivity contribution in [1.82, 2.24) is 0 Å². The van der Waals surface area contributed by atoms with Crippen LogP contribution in [0, 0.1) is 6.92 Å². The van der Waals surface area contributed by atoms with Crippen LogP contribution in [0.5, 0.6) is 0 Å². The van der Waals surface area contributed by atoms with E-state index in [0.29, 0.717) is 4.83 Å². The van der Waals surface area contributed by atoms with Crippen LogP contribution in [0.3, 0.4) is 0 Å². The van der Waals surface area contributed by atoms with Crippen molar-refractivity contribution in [1.29, 1.82) is 0 Å². The highest BCUT2D eigenvalue weighted by atomic mass is 79.9. The smallest absolute Gasteiger partial charge is 0.0931 e. The number of halogens is 2. The van der Waals surface area contributed by atoms with Gasteiger partial charge in [-0.3, -0.25) is 0 Å². The van der Waals surface area contributed by atoms with Crippen molar-refractivity contribution < 1.29 is 0 Å². The van der Waals surface area contributed by atoms with Crippen LogP contribution in [0.4, 0.5) is 0 Å². The van der Waals surface area contributed by atoms with Crippen molar-refractivity contribution >= 4 is 38.9 Å². The summed E-state index contributed by atoms with van der Waals surface area (Å²) in [6.45, 7) is 2.15. The summed E-state index contributed by atoms with van der Waals surface area (Å²) in [6.07, 6.45) is 1.00. The van der Waals surface area contributed by atoms with Gasteiger partial charge in [0.15, 0.2) is 0 Å². The fraction of sp³-hybridized carbons (Fsp3) is 0.231. The minimum absolute atomic E-state index is 0.353. The number of hydrogen-bond acceptors (Lipinski definition) is 1. The van der Waals surface area contributed by atoms with Gasteiger partial charge in [0.2, 0.25) is 0 Å². The first kappa shape index (κ1) is 12.2. The van der Waals surface area contributed by atoms with Crippen LogP contribution < -0.4 is 0 Å². The molecule has 0 bridgehead atoms. The fourth-order valence-corrected chi connectivity index (χ4v) is 3.45. The maximum Gasteiger partial charge on any atom is 0.0931 e. The second-order valence-corrected chi connectivity index (χ2v) is 6.59. The average Bonchev–Trinajstić information content (AvgIpc) is 2.68. The highest BCUT2D eigenvalue weighted by Gasteiger charge is 2.11. The number of benzene rings is 1. The molecule has 3 heteroatoms. The maximum absolute atomic E-state index is 5.94. The van der Waals surface area contributed by atoms with Gasteiger partial charge < -0.3 is 0 Å². The summed E-state index contributed by atoms with van der Waals surface area (Å²) in [5, 5.41) is 0. The average molecular weight is 316 g/mol. The van der Waals surface area contributed by atoms with Crippen LogP contribution in [0.25, 0.3) is 0 Å². The van der Waals surface area contributed by atoms with Crippen LogP contribution in [-0.4, -0.2) is 0 Å². The Kier molecular flexibility index (Phi) is 4.06. The predicted molar refractivity (Wildman–Crippen MR) is 75.9 cm³/mol. The summed E-state index contributed by atoms with van der Waals surface area (Å²) in [7, 11) is 0. The Balaban J connectivity index is 2.13. The van der Waals surface area contributed by atoms with Gasteiger partial charge >= 0.3 is 0 Å². The normalized spacial score (nSPS) is 12.7. The third kappa shape index (κ3) is 2.88. The Hall–Kier alpha value is -0.310. The number of hydrogen-bond donors (Lipinski definition) is 0. The first-order valence-electron chi connectivity index (χ1n) is 5.10. The molecule has 84 valence electrons. The van der Waals surface area contributed by atoms with Gasteiger partial charge in [-0.25, -0.2) is 0 Å². The lowest BCUT2D eigenvalue weighted by molar-refractivity contribution is 0.957. The monoisotopic (exact) mass is 314 g/mol. The molecule has 1 atom stereocenters. The SMILES string of the molecule is Cc1ccccc1CC(Br)c1ccc(Cl)s1. The lowest BCUT2D eigenvalue weighted by atomic mass is 10.0. The Labute approximate surface area is 113 Å². The molecule has 1 aromatic carbocycles. The molecule has 0 aliphatic carbocycles. The second kappa shape index (κ2) is 5.35. The molecule has 0 aliphatic rings. The van der Waals surface area contributed by atoms with Gasteiger partial charge in [-0.05, 0) is 36.6 Å². The summed E-state index contributed by atoms with van der Waals surface area (Å²) in [4.78, 5) is 1.64. The largest absolute Gasteiger partial charge is 0.127 e. The molecule has 0 nitrogen and oxygen atoms in total. The van der Waals surface area contributed by atoms with Crippen molar-refractivity contribution in [3.05, 3.63) is 56.7 Å². The zero-order chi connectivity index (χ0) is 11.5. The van der Waals surface area contributed by atoms with Crippen molar-refractivity contribution in [2.24, 2.45) is 0 Å². The summed E-state index contributed by atoms with van der Waals surface area (Å²) < 4.78 is 0.851. The number of alkyl halides is 1. The minimum atomic E-state index is 0.353. The predicted octanol–water partition coefficient (Wildman–Crippen LogP) is 5.39. The molecule has 0 N–H and O–H groups in total. The summed E-state index contributed by atoms with van der Waals surface area (Å²) in [5.41, 5.74) is 2.73. The summed E-state index contributed by atoms with van der Waals surface area (Å²) in [6, 6.07) is 12.5. The van der Waals surface area contributed by atoms with Crippen molar-refractivity contribution in [3.63, 3.8) is 0 Å². The quantitative estimate of drug-likeness (QED) is 0.666. The molecule has 0 aliphatic heterocycles. The summed E-state index contributed by atoms with van der Waals surface area (Å²) in [5.74, 6) is 0. The first-order valence-corrected chi connectivity index (χ1v) is 7.21. The van der Waals surface area contributed by atoms with Gasteiger partial charge in [0.05, 0.1) is 9.16 Å². The van der Waals surface area contributed by atoms with E-state index in [1.165, 1.54) is 16.0 Å². The molecule has 0 amide bonds. The first-order chi connectivity index (χ1) is 7.66. The standard InChI is InChI=1S/C13H12BrClS/c1-9-4-2-3-5-10(9)8-11(14)12-6-7-13(15)16-12/h2-7,11H,8H2,1H3. The lowest BCUT2D eigenvalue weighted by Crippen LogP contribution is -1.95. The van der Waals surface area contributed by atoms with Crippen molar-refractivity contribution in [2.45, 2.75) is 18.2 Å². The second-order valence-electron chi connectivity index (χ2n) is 3.74. The van der Waals surface area contributed by atoms with Crippen molar-refractivity contribution in [3.8, 4) is 0 Å². The van der Waals surface area contributed by atoms with Crippen LogP contribution in [-0.2, 0) is 6.42 Å². The molecule has 16 heavy (non-hydrogen) atoms. The third-order valence-electron chi connectivity index (χ3n) is 2.56. The van der Waals surface area contributed by atoms with Gasteiger partial charge in [0.1, 0.15) is 0 Å². The molecule has 2 aromatic rings. The van der Waals surface area contributed by atoms with E-state index in [-0.39, 0.29) is 0 Å². The van der Waals surface area contributed by atoms with Crippen LogP contribution in [0.2, 0.25) is 4.34 Å². The van der Waals surface area contributed by atoms with E-state index in [9.17, 15) is 0 Å². The molecule has 0 saturated carbocycles. The van der Waals surface area contributed by atoms with Gasteiger partial charge in [-0.15, -0.1) is 11.3 Å². The van der Waals surface area contributed by atoms with E-state index in [0.717, 1.165) is 10.8 Å². The molecular formula is C13H12BrClS. The molecule has 0 radical (unpaired) electrons. The molecular weight excluding hydrogens is 304 g/mol. The number of aryl methyl sites for hydroxylation is 1. The highest BCUT2D eigenvalue weighted by Crippen LogP contribution is 2.34. The Morgan fingerprint density at radius 1 is 1.25 bits per heavy atom. The van der Waals surface area contributed by atoms with E-state index in [2.05, 4.69) is 53.2 Å². The number of rotatable bonds is 3. The third-order valence-corrected chi connectivity index (χ3v) is 5.03. The van der Waals surface area contributed by atoms with E-state index in [1.807, 2.05) is 6.07 Å². The Morgan fingerprint density at radius 3 is 2.62 bits per heavy atom. The number of thiophene rings is 1. The lowest BCUT2D eigenvalue weighted by Gasteiger charge is -2.09.